The van der Waals surface area contributed by atoms with Crippen LogP contribution < -0.4 is 13.3 Å². The molecule has 5 rings (SSSR count). The second-order valence-electron chi connectivity index (χ2n) is 6.63. The molecule has 3 aromatic carbocycles. The molecule has 0 spiro atoms. The minimum absolute atomic E-state index is 0. The molecule has 10 heteroatoms. The zero-order valence-corrected chi connectivity index (χ0v) is 31.1. The van der Waals surface area contributed by atoms with E-state index in [0.717, 1.165) is 18.8 Å². The average molecular weight is 1140 g/mol. The molecule has 1 unspecified atom stereocenters. The van der Waals surface area contributed by atoms with Gasteiger partial charge in [0.05, 0.1) is 19.8 Å². The summed E-state index contributed by atoms with van der Waals surface area (Å²) in [4.78, 5) is 0. The van der Waals surface area contributed by atoms with E-state index in [0.29, 0.717) is 25.5 Å². The second kappa shape index (κ2) is 24.0. The molecule has 3 atom stereocenters. The van der Waals surface area contributed by atoms with Gasteiger partial charge < -0.3 is 19.7 Å². The summed E-state index contributed by atoms with van der Waals surface area (Å²) in [7, 11) is 0. The summed E-state index contributed by atoms with van der Waals surface area (Å²) in [6, 6.07) is 29.7. The van der Waals surface area contributed by atoms with Crippen molar-refractivity contribution in [1.29, 1.82) is 0 Å². The van der Waals surface area contributed by atoms with Crippen molar-refractivity contribution in [2.45, 2.75) is 18.3 Å². The van der Waals surface area contributed by atoms with Crippen LogP contribution in [0, 0.1) is 0 Å². The third-order valence-electron chi connectivity index (χ3n) is 4.37. The van der Waals surface area contributed by atoms with Crippen LogP contribution in [0.2, 0.25) is 0 Å². The van der Waals surface area contributed by atoms with Gasteiger partial charge in [0, 0.05) is 37.2 Å². The summed E-state index contributed by atoms with van der Waals surface area (Å²) in [5, 5.41) is 17.6. The van der Waals surface area contributed by atoms with E-state index in [1.54, 1.807) is 12.1 Å². The molecule has 2 aliphatic rings. The summed E-state index contributed by atoms with van der Waals surface area (Å²) in [6.07, 6.45) is 0.0820. The number of epoxide rings is 2. The van der Waals surface area contributed by atoms with Gasteiger partial charge in [-0.15, -0.1) is 24.0 Å². The number of hydrogen-bond acceptors (Lipinski definition) is 4. The summed E-state index contributed by atoms with van der Waals surface area (Å²) >= 11 is 9.54. The Balaban J connectivity index is 0.000000433. The molecule has 0 saturated carbocycles. The van der Waals surface area contributed by atoms with Crippen molar-refractivity contribution in [3.63, 3.8) is 0 Å². The summed E-state index contributed by atoms with van der Waals surface area (Å²) in [5.74, 6) is 0. The molecule has 2 fully saturated rings. The third-order valence-corrected chi connectivity index (χ3v) is 4.37. The predicted octanol–water partition coefficient (Wildman–Crippen LogP) is 5.39. The molecular weight excluding hydrogens is 1110 g/mol. The predicted molar refractivity (Wildman–Crippen MR) is 180 cm³/mol. The van der Waals surface area contributed by atoms with E-state index >= 15 is 0 Å². The minimum atomic E-state index is -0.735. The molecule has 2 heterocycles. The van der Waals surface area contributed by atoms with Crippen molar-refractivity contribution < 1.29 is 32.9 Å². The van der Waals surface area contributed by atoms with E-state index in [-0.39, 0.29) is 30.6 Å². The van der Waals surface area contributed by atoms with Gasteiger partial charge in [0.15, 0.2) is 0 Å². The number of aliphatic hydroxyl groups excluding tert-OH is 2. The van der Waals surface area contributed by atoms with Crippen LogP contribution in [0.5, 0.6) is 0 Å². The van der Waals surface area contributed by atoms with Crippen molar-refractivity contribution in [3.05, 3.63) is 108 Å². The van der Waals surface area contributed by atoms with Crippen LogP contribution in [0.4, 0.5) is 0 Å². The molecule has 0 bridgehead atoms. The molecular formula is C24H27I6O4-. The molecule has 34 heavy (non-hydrogen) atoms. The van der Waals surface area contributed by atoms with Gasteiger partial charge in [0.2, 0.25) is 0 Å². The Morgan fingerprint density at radius 3 is 1.29 bits per heavy atom. The number of benzene rings is 3. The van der Waals surface area contributed by atoms with Crippen molar-refractivity contribution in [2.24, 2.45) is 0 Å². The first-order chi connectivity index (χ1) is 16.2. The number of hydrogen-bond donors (Lipinski definition) is 2. The van der Waals surface area contributed by atoms with Gasteiger partial charge in [-0.1, -0.05) is 91.0 Å². The zero-order chi connectivity index (χ0) is 24.3. The number of ether oxygens (including phenoxy) is 2. The monoisotopic (exact) mass is 1140 g/mol. The second-order valence-corrected chi connectivity index (χ2v) is 22.9. The smallest absolute Gasteiger partial charge is 0.106 e. The molecule has 3 aromatic rings. The van der Waals surface area contributed by atoms with Crippen LogP contribution in [0.25, 0.3) is 0 Å². The van der Waals surface area contributed by atoms with Crippen molar-refractivity contribution in [2.75, 3.05) is 19.8 Å². The molecule has 2 saturated heterocycles. The number of rotatable bonds is 4. The minimum Gasteiger partial charge on any atom is -0.393 e. The summed E-state index contributed by atoms with van der Waals surface area (Å²) in [6.45, 7) is 1.60. The Kier molecular flexibility index (Phi) is 25.3. The maximum atomic E-state index is 9.08. The Morgan fingerprint density at radius 2 is 1.03 bits per heavy atom. The van der Waals surface area contributed by atoms with Crippen LogP contribution in [0.15, 0.2) is 91.0 Å². The van der Waals surface area contributed by atoms with Crippen molar-refractivity contribution in [3.8, 4) is 0 Å². The molecule has 0 aromatic heterocycles. The maximum Gasteiger partial charge on any atom is 0.106 e. The maximum absolute atomic E-state index is 9.08. The molecule has 2 aliphatic heterocycles. The van der Waals surface area contributed by atoms with E-state index < -0.39 is 6.10 Å². The van der Waals surface area contributed by atoms with E-state index in [9.17, 15) is 0 Å². The van der Waals surface area contributed by atoms with Gasteiger partial charge >= 0.3 is 50.5 Å². The normalized spacial score (nSPS) is 17.2. The van der Waals surface area contributed by atoms with E-state index in [2.05, 4.69) is 98.7 Å². The van der Waals surface area contributed by atoms with Crippen LogP contribution >= 0.6 is 98.4 Å². The number of halogens is 6. The SMILES string of the molecule is I.II.I[I-]I.OC[C@@H](O)c1ccccc1.c1ccc(C2CO2)cc1.c1ccc([C@@H]2CO2)cc1. The zero-order valence-electron chi connectivity index (χ0n) is 18.0. The van der Waals surface area contributed by atoms with Gasteiger partial charge in [-0.05, 0) is 16.7 Å². The van der Waals surface area contributed by atoms with Gasteiger partial charge in [-0.25, -0.2) is 0 Å². The van der Waals surface area contributed by atoms with E-state index in [1.165, 1.54) is 11.1 Å². The average Bonchev–Trinajstić information content (AvgIpc) is 3.81. The quantitative estimate of drug-likeness (QED) is 0.272. The fourth-order valence-corrected chi connectivity index (χ4v) is 2.60. The molecule has 190 valence electrons. The Morgan fingerprint density at radius 1 is 0.735 bits per heavy atom. The molecule has 4 nitrogen and oxygen atoms in total. The Labute approximate surface area is 272 Å². The summed E-state index contributed by atoms with van der Waals surface area (Å²) < 4.78 is 10.2. The fraction of sp³-hybridized carbons (Fsp3) is 0.250. The topological polar surface area (TPSA) is 65.5 Å². The van der Waals surface area contributed by atoms with Gasteiger partial charge in [0.25, 0.3) is 0 Å². The van der Waals surface area contributed by atoms with Gasteiger partial charge in [-0.2, -0.15) is 0 Å². The van der Waals surface area contributed by atoms with Crippen LogP contribution in [-0.2, 0) is 9.47 Å². The molecule has 0 aliphatic carbocycles. The first-order valence-corrected chi connectivity index (χ1v) is 28.7. The van der Waals surface area contributed by atoms with Crippen LogP contribution in [0.3, 0.4) is 0 Å². The third kappa shape index (κ3) is 17.4. The van der Waals surface area contributed by atoms with Crippen molar-refractivity contribution >= 4 is 98.4 Å². The van der Waals surface area contributed by atoms with Crippen LogP contribution in [0.1, 0.15) is 35.0 Å². The van der Waals surface area contributed by atoms with Crippen LogP contribution in [-0.4, -0.2) is 30.0 Å². The Bertz CT molecular complexity index is 775. The first-order valence-electron chi connectivity index (χ1n) is 9.87. The van der Waals surface area contributed by atoms with Gasteiger partial charge in [0.1, 0.15) is 18.3 Å². The van der Waals surface area contributed by atoms with E-state index in [4.69, 9.17) is 19.7 Å². The first kappa shape index (κ1) is 35.9. The molecule has 0 amide bonds. The molecule has 0 radical (unpaired) electrons. The Hall–Kier alpha value is 1.88. The number of aliphatic hydroxyl groups is 2. The standard InChI is InChI=1S/C8H10O2.2C8H8O.I3.I2.HI/c9-6-8(10)7-4-2-1-3-5-7;2*1-2-4-7(5-3-1)8-6-9-8;1-3-2;1-2;/h1-5,8-10H,6H2;2*1-5,8H,6H2;;;1H/q;;;-1;;/t2*8-;;;;/m10..../s1. The summed E-state index contributed by atoms with van der Waals surface area (Å²) in [5.41, 5.74) is 3.36. The largest absolute Gasteiger partial charge is 0.393 e. The van der Waals surface area contributed by atoms with Gasteiger partial charge in [-0.3, -0.25) is 0 Å². The molecule has 2 N–H and O–H groups in total. The van der Waals surface area contributed by atoms with E-state index in [1.807, 2.05) is 54.6 Å². The van der Waals surface area contributed by atoms with Crippen molar-refractivity contribution in [1.82, 2.24) is 0 Å². The fourth-order valence-electron chi connectivity index (χ4n) is 2.60.